The van der Waals surface area contributed by atoms with Gasteiger partial charge in [-0.3, -0.25) is 4.98 Å². The van der Waals surface area contributed by atoms with E-state index < -0.39 is 0 Å². The van der Waals surface area contributed by atoms with Crippen LogP contribution in [0, 0.1) is 25.7 Å². The topological polar surface area (TPSA) is 24.9 Å². The summed E-state index contributed by atoms with van der Waals surface area (Å²) in [7, 11) is 0. The number of hydrogen-bond acceptors (Lipinski definition) is 2. The number of aromatic nitrogens is 1. The SMILES string of the molecule is CCNC(c1ncc(C)cc1C)C1CCCCC1CC. The lowest BCUT2D eigenvalue weighted by molar-refractivity contribution is 0.174. The summed E-state index contributed by atoms with van der Waals surface area (Å²) in [5.74, 6) is 1.61. The van der Waals surface area contributed by atoms with Crippen molar-refractivity contribution >= 4 is 0 Å². The smallest absolute Gasteiger partial charge is 0.0605 e. The van der Waals surface area contributed by atoms with E-state index in [1.807, 2.05) is 6.20 Å². The highest BCUT2D eigenvalue weighted by atomic mass is 14.9. The highest BCUT2D eigenvalue weighted by Crippen LogP contribution is 2.40. The first-order valence-corrected chi connectivity index (χ1v) is 8.33. The number of aryl methyl sites for hydroxylation is 2. The predicted molar refractivity (Wildman–Crippen MR) is 85.9 cm³/mol. The van der Waals surface area contributed by atoms with Gasteiger partial charge in [0.05, 0.1) is 11.7 Å². The van der Waals surface area contributed by atoms with Crippen molar-refractivity contribution in [2.24, 2.45) is 11.8 Å². The van der Waals surface area contributed by atoms with Gasteiger partial charge in [0.1, 0.15) is 0 Å². The molecule has 2 rings (SSSR count). The summed E-state index contributed by atoms with van der Waals surface area (Å²) in [5.41, 5.74) is 3.89. The molecule has 1 N–H and O–H groups in total. The van der Waals surface area contributed by atoms with E-state index in [2.05, 4.69) is 39.1 Å². The summed E-state index contributed by atoms with van der Waals surface area (Å²) in [4.78, 5) is 4.78. The number of nitrogens with zero attached hydrogens (tertiary/aromatic N) is 1. The summed E-state index contributed by atoms with van der Waals surface area (Å²) >= 11 is 0. The maximum absolute atomic E-state index is 4.78. The van der Waals surface area contributed by atoms with Crippen LogP contribution in [-0.4, -0.2) is 11.5 Å². The second-order valence-corrected chi connectivity index (χ2v) is 6.37. The molecular formula is C18H30N2. The van der Waals surface area contributed by atoms with Gasteiger partial charge in [-0.05, 0) is 49.8 Å². The van der Waals surface area contributed by atoms with Crippen molar-refractivity contribution in [2.45, 2.75) is 65.8 Å². The Labute approximate surface area is 124 Å². The molecule has 112 valence electrons. The number of pyridine rings is 1. The van der Waals surface area contributed by atoms with Gasteiger partial charge in [0.2, 0.25) is 0 Å². The average Bonchev–Trinajstić information content (AvgIpc) is 2.45. The second-order valence-electron chi connectivity index (χ2n) is 6.37. The first kappa shape index (κ1) is 15.5. The molecule has 1 saturated carbocycles. The van der Waals surface area contributed by atoms with Gasteiger partial charge in [-0.2, -0.15) is 0 Å². The van der Waals surface area contributed by atoms with E-state index in [9.17, 15) is 0 Å². The number of nitrogens with one attached hydrogen (secondary N) is 1. The van der Waals surface area contributed by atoms with Gasteiger partial charge in [0.15, 0.2) is 0 Å². The Morgan fingerprint density at radius 3 is 2.65 bits per heavy atom. The number of hydrogen-bond donors (Lipinski definition) is 1. The lowest BCUT2D eigenvalue weighted by atomic mass is 9.72. The lowest BCUT2D eigenvalue weighted by Crippen LogP contribution is -2.35. The maximum Gasteiger partial charge on any atom is 0.0605 e. The Hall–Kier alpha value is -0.890. The Balaban J connectivity index is 2.29. The molecule has 1 heterocycles. The minimum absolute atomic E-state index is 0.436. The molecular weight excluding hydrogens is 244 g/mol. The van der Waals surface area contributed by atoms with Crippen molar-refractivity contribution in [1.82, 2.24) is 10.3 Å². The summed E-state index contributed by atoms with van der Waals surface area (Å²) in [6.45, 7) is 9.92. The van der Waals surface area contributed by atoms with E-state index in [0.29, 0.717) is 6.04 Å². The summed E-state index contributed by atoms with van der Waals surface area (Å²) in [6, 6.07) is 2.71. The van der Waals surface area contributed by atoms with Crippen molar-refractivity contribution in [3.8, 4) is 0 Å². The monoisotopic (exact) mass is 274 g/mol. The van der Waals surface area contributed by atoms with E-state index in [4.69, 9.17) is 4.98 Å². The lowest BCUT2D eigenvalue weighted by Gasteiger charge is -2.37. The van der Waals surface area contributed by atoms with Crippen molar-refractivity contribution < 1.29 is 0 Å². The average molecular weight is 274 g/mol. The molecule has 2 heteroatoms. The van der Waals surface area contributed by atoms with Crippen molar-refractivity contribution in [2.75, 3.05) is 6.54 Å². The Bertz CT molecular complexity index is 427. The number of rotatable bonds is 5. The Kier molecular flexibility index (Phi) is 5.59. The quantitative estimate of drug-likeness (QED) is 0.851. The van der Waals surface area contributed by atoms with Crippen LogP contribution in [0.3, 0.4) is 0 Å². The van der Waals surface area contributed by atoms with E-state index in [-0.39, 0.29) is 0 Å². The first-order chi connectivity index (χ1) is 9.67. The van der Waals surface area contributed by atoms with Gasteiger partial charge in [0.25, 0.3) is 0 Å². The zero-order valence-electron chi connectivity index (χ0n) is 13.6. The minimum atomic E-state index is 0.436. The maximum atomic E-state index is 4.78. The van der Waals surface area contributed by atoms with E-state index >= 15 is 0 Å². The van der Waals surface area contributed by atoms with Crippen LogP contribution in [0.2, 0.25) is 0 Å². The van der Waals surface area contributed by atoms with Gasteiger partial charge in [-0.15, -0.1) is 0 Å². The molecule has 3 unspecified atom stereocenters. The van der Waals surface area contributed by atoms with Crippen LogP contribution in [0.25, 0.3) is 0 Å². The van der Waals surface area contributed by atoms with Gasteiger partial charge in [-0.25, -0.2) is 0 Å². The van der Waals surface area contributed by atoms with E-state index in [1.165, 1.54) is 48.9 Å². The fraction of sp³-hybridized carbons (Fsp3) is 0.722. The predicted octanol–water partition coefficient (Wildman–Crippen LogP) is 4.57. The molecule has 1 aliphatic carbocycles. The highest BCUT2D eigenvalue weighted by Gasteiger charge is 2.32. The zero-order valence-corrected chi connectivity index (χ0v) is 13.6. The largest absolute Gasteiger partial charge is 0.309 e. The Morgan fingerprint density at radius 1 is 1.25 bits per heavy atom. The third-order valence-corrected chi connectivity index (χ3v) is 4.89. The fourth-order valence-electron chi connectivity index (χ4n) is 3.90. The van der Waals surface area contributed by atoms with Crippen LogP contribution in [-0.2, 0) is 0 Å². The molecule has 0 aliphatic heterocycles. The minimum Gasteiger partial charge on any atom is -0.309 e. The van der Waals surface area contributed by atoms with Gasteiger partial charge < -0.3 is 5.32 Å². The first-order valence-electron chi connectivity index (χ1n) is 8.33. The van der Waals surface area contributed by atoms with Crippen LogP contribution >= 0.6 is 0 Å². The molecule has 2 nitrogen and oxygen atoms in total. The van der Waals surface area contributed by atoms with Crippen molar-refractivity contribution in [3.63, 3.8) is 0 Å². The molecule has 20 heavy (non-hydrogen) atoms. The van der Waals surface area contributed by atoms with Crippen molar-refractivity contribution in [3.05, 3.63) is 29.1 Å². The molecule has 1 aromatic rings. The van der Waals surface area contributed by atoms with Crippen LogP contribution in [0.15, 0.2) is 12.3 Å². The molecule has 0 spiro atoms. The van der Waals surface area contributed by atoms with Gasteiger partial charge >= 0.3 is 0 Å². The highest BCUT2D eigenvalue weighted by molar-refractivity contribution is 5.26. The Morgan fingerprint density at radius 2 is 2.00 bits per heavy atom. The van der Waals surface area contributed by atoms with Gasteiger partial charge in [-0.1, -0.05) is 45.6 Å². The molecule has 0 radical (unpaired) electrons. The molecule has 1 aliphatic rings. The zero-order chi connectivity index (χ0) is 14.5. The fourth-order valence-corrected chi connectivity index (χ4v) is 3.90. The second kappa shape index (κ2) is 7.21. The van der Waals surface area contributed by atoms with Crippen molar-refractivity contribution in [1.29, 1.82) is 0 Å². The third-order valence-electron chi connectivity index (χ3n) is 4.89. The summed E-state index contributed by atoms with van der Waals surface area (Å²) < 4.78 is 0. The molecule has 1 fully saturated rings. The third kappa shape index (κ3) is 3.41. The molecule has 1 aromatic heterocycles. The van der Waals surface area contributed by atoms with Crippen LogP contribution in [0.4, 0.5) is 0 Å². The summed E-state index contributed by atoms with van der Waals surface area (Å²) in [5, 5.41) is 3.73. The standard InChI is InChI=1S/C18H30N2/c1-5-15-9-7-8-10-16(15)18(19-6-2)17-14(4)11-13(3)12-20-17/h11-12,15-16,18-19H,5-10H2,1-4H3. The van der Waals surface area contributed by atoms with Crippen LogP contribution in [0.1, 0.15) is 68.8 Å². The molecule has 0 bridgehead atoms. The molecule has 3 atom stereocenters. The molecule has 0 saturated heterocycles. The summed E-state index contributed by atoms with van der Waals surface area (Å²) in [6.07, 6.45) is 8.87. The molecule has 0 aromatic carbocycles. The van der Waals surface area contributed by atoms with E-state index in [0.717, 1.165) is 18.4 Å². The van der Waals surface area contributed by atoms with Crippen LogP contribution < -0.4 is 5.32 Å². The molecule has 0 amide bonds. The van der Waals surface area contributed by atoms with E-state index in [1.54, 1.807) is 0 Å². The van der Waals surface area contributed by atoms with Crippen LogP contribution in [0.5, 0.6) is 0 Å². The normalized spacial score (nSPS) is 24.6. The van der Waals surface area contributed by atoms with Gasteiger partial charge in [0, 0.05) is 6.20 Å².